The Labute approximate surface area is 232 Å². The van der Waals surface area contributed by atoms with Gasteiger partial charge in [-0.3, -0.25) is 19.4 Å². The molecule has 1 aromatic carbocycles. The first-order valence-corrected chi connectivity index (χ1v) is 14.5. The smallest absolute Gasteiger partial charge is 0.222 e. The lowest BCUT2D eigenvalue weighted by Gasteiger charge is -2.30. The highest BCUT2D eigenvalue weighted by Crippen LogP contribution is 2.36. The fourth-order valence-electron chi connectivity index (χ4n) is 5.90. The fourth-order valence-corrected chi connectivity index (χ4v) is 5.90. The van der Waals surface area contributed by atoms with Crippen LogP contribution in [0.4, 0.5) is 5.69 Å². The number of fused-ring (bicyclic) bond motifs is 1. The van der Waals surface area contributed by atoms with Crippen LogP contribution in [-0.2, 0) is 4.79 Å². The Bertz CT molecular complexity index is 1240. The molecule has 9 heteroatoms. The molecule has 2 aliphatic rings. The predicted octanol–water partition coefficient (Wildman–Crippen LogP) is 3.88. The van der Waals surface area contributed by atoms with Gasteiger partial charge in [0.25, 0.3) is 0 Å². The van der Waals surface area contributed by atoms with Crippen LogP contribution in [0.3, 0.4) is 0 Å². The van der Waals surface area contributed by atoms with Gasteiger partial charge in [-0.25, -0.2) is 0 Å². The van der Waals surface area contributed by atoms with Gasteiger partial charge in [0.15, 0.2) is 0 Å². The molecule has 0 radical (unpaired) electrons. The highest BCUT2D eigenvalue weighted by Gasteiger charge is 2.29. The summed E-state index contributed by atoms with van der Waals surface area (Å²) in [4.78, 5) is 25.1. The number of rotatable bonds is 10. The Morgan fingerprint density at radius 2 is 1.87 bits per heavy atom. The quantitative estimate of drug-likeness (QED) is 0.424. The topological polar surface area (TPSA) is 78.8 Å². The number of carbonyl (C=O) groups excluding carboxylic acids is 1. The van der Waals surface area contributed by atoms with Gasteiger partial charge in [0.05, 0.1) is 24.4 Å². The van der Waals surface area contributed by atoms with E-state index in [1.807, 2.05) is 29.2 Å². The zero-order valence-corrected chi connectivity index (χ0v) is 23.7. The summed E-state index contributed by atoms with van der Waals surface area (Å²) in [5.41, 5.74) is 2.99. The van der Waals surface area contributed by atoms with Crippen LogP contribution in [0.2, 0.25) is 0 Å². The maximum Gasteiger partial charge on any atom is 0.222 e. The Morgan fingerprint density at radius 1 is 1.03 bits per heavy atom. The maximum absolute atomic E-state index is 13.2. The van der Waals surface area contributed by atoms with Gasteiger partial charge < -0.3 is 19.9 Å². The van der Waals surface area contributed by atoms with Crippen molar-refractivity contribution in [3.8, 4) is 5.75 Å². The molecule has 4 heterocycles. The lowest BCUT2D eigenvalue weighted by atomic mass is 10.1. The molecule has 39 heavy (non-hydrogen) atoms. The third-order valence-corrected chi connectivity index (χ3v) is 8.05. The van der Waals surface area contributed by atoms with Gasteiger partial charge in [-0.1, -0.05) is 6.07 Å². The average Bonchev–Trinajstić information content (AvgIpc) is 3.60. The van der Waals surface area contributed by atoms with Gasteiger partial charge in [0, 0.05) is 69.5 Å². The second-order valence-electron chi connectivity index (χ2n) is 11.0. The third kappa shape index (κ3) is 6.53. The molecule has 5 rings (SSSR count). The van der Waals surface area contributed by atoms with Crippen molar-refractivity contribution in [2.75, 3.05) is 64.4 Å². The van der Waals surface area contributed by atoms with E-state index >= 15 is 0 Å². The van der Waals surface area contributed by atoms with E-state index in [4.69, 9.17) is 14.8 Å². The van der Waals surface area contributed by atoms with Gasteiger partial charge in [0.1, 0.15) is 11.4 Å². The Morgan fingerprint density at radius 3 is 2.64 bits per heavy atom. The number of nitrogens with zero attached hydrogens (tertiary/aromatic N) is 6. The molecule has 0 bridgehead atoms. The molecule has 2 aliphatic heterocycles. The molecular weight excluding hydrogens is 490 g/mol. The van der Waals surface area contributed by atoms with Crippen molar-refractivity contribution in [1.82, 2.24) is 29.9 Å². The number of benzene rings is 1. The van der Waals surface area contributed by atoms with Crippen molar-refractivity contribution < 1.29 is 9.53 Å². The van der Waals surface area contributed by atoms with Crippen LogP contribution in [0.5, 0.6) is 5.75 Å². The lowest BCUT2D eigenvalue weighted by Crippen LogP contribution is -2.38. The van der Waals surface area contributed by atoms with Crippen molar-refractivity contribution in [2.24, 2.45) is 0 Å². The first-order chi connectivity index (χ1) is 19.0. The number of hydrogen-bond acceptors (Lipinski definition) is 7. The number of carbonyl (C=O) groups is 1. The molecule has 1 N–H and O–H groups in total. The monoisotopic (exact) mass is 533 g/mol. The minimum Gasteiger partial charge on any atom is -0.494 e. The van der Waals surface area contributed by atoms with E-state index < -0.39 is 0 Å². The molecule has 210 valence electrons. The van der Waals surface area contributed by atoms with Crippen LogP contribution in [0.25, 0.3) is 10.9 Å². The second-order valence-corrected chi connectivity index (χ2v) is 11.0. The van der Waals surface area contributed by atoms with Crippen LogP contribution in [0.15, 0.2) is 42.7 Å². The number of anilines is 1. The van der Waals surface area contributed by atoms with Gasteiger partial charge in [0.2, 0.25) is 5.91 Å². The summed E-state index contributed by atoms with van der Waals surface area (Å²) in [5.74, 6) is 0.943. The predicted molar refractivity (Wildman–Crippen MR) is 155 cm³/mol. The van der Waals surface area contributed by atoms with Crippen molar-refractivity contribution in [1.29, 1.82) is 0 Å². The van der Waals surface area contributed by atoms with Crippen molar-refractivity contribution in [2.45, 2.75) is 51.6 Å². The van der Waals surface area contributed by atoms with Gasteiger partial charge in [-0.2, -0.15) is 5.10 Å². The largest absolute Gasteiger partial charge is 0.494 e. The molecule has 1 amide bonds. The van der Waals surface area contributed by atoms with E-state index in [2.05, 4.69) is 52.1 Å². The third-order valence-electron chi connectivity index (χ3n) is 8.05. The molecule has 9 nitrogen and oxygen atoms in total. The number of likely N-dealkylation sites (tertiary alicyclic amines) is 1. The van der Waals surface area contributed by atoms with Gasteiger partial charge in [-0.15, -0.1) is 0 Å². The first kappa shape index (κ1) is 27.4. The second kappa shape index (κ2) is 12.8. The number of amides is 1. The first-order valence-electron chi connectivity index (χ1n) is 14.5. The van der Waals surface area contributed by atoms with E-state index in [1.54, 1.807) is 7.11 Å². The summed E-state index contributed by atoms with van der Waals surface area (Å²) in [5, 5.41) is 9.20. The normalized spacial score (nSPS) is 18.0. The summed E-state index contributed by atoms with van der Waals surface area (Å²) in [6.07, 6.45) is 7.80. The SMILES string of the molecule is COc1ccc2cccnc2c1N1CCCN([C@@H](CC(=O)NCCN2CCCC2)c2ccn(C(C)C)n2)CC1. The zero-order chi connectivity index (χ0) is 27.2. The Balaban J connectivity index is 1.32. The van der Waals surface area contributed by atoms with E-state index in [0.29, 0.717) is 13.0 Å². The number of methoxy groups -OCH3 is 1. The van der Waals surface area contributed by atoms with Crippen LogP contribution >= 0.6 is 0 Å². The molecule has 0 spiro atoms. The summed E-state index contributed by atoms with van der Waals surface area (Å²) < 4.78 is 7.77. The molecule has 1 atom stereocenters. The van der Waals surface area contributed by atoms with Crippen LogP contribution in [0.1, 0.15) is 57.3 Å². The van der Waals surface area contributed by atoms with Gasteiger partial charge in [-0.05, 0) is 70.5 Å². The Kier molecular flexibility index (Phi) is 8.98. The minimum absolute atomic E-state index is 0.0655. The fraction of sp³-hybridized carbons (Fsp3) is 0.567. The van der Waals surface area contributed by atoms with E-state index in [1.165, 1.54) is 12.8 Å². The zero-order valence-electron chi connectivity index (χ0n) is 23.7. The standard InChI is InChI=1S/C30H43N7O2/c1-23(2)37-18-11-25(33-37)26(22-28(38)31-13-19-34-14-4-5-15-34)35-16-7-17-36(21-20-35)30-27(39-3)10-9-24-8-6-12-32-29(24)30/h6,8-12,18,23,26H,4-5,7,13-17,19-22H2,1-3H3,(H,31,38)/t26-/m0/s1. The molecule has 0 saturated carbocycles. The van der Waals surface area contributed by atoms with E-state index in [9.17, 15) is 4.79 Å². The van der Waals surface area contributed by atoms with Crippen molar-refractivity contribution >= 4 is 22.5 Å². The molecule has 2 saturated heterocycles. The summed E-state index contributed by atoms with van der Waals surface area (Å²) in [7, 11) is 1.72. The van der Waals surface area contributed by atoms with Crippen LogP contribution in [0, 0.1) is 0 Å². The highest BCUT2D eigenvalue weighted by molar-refractivity contribution is 5.94. The Hall–Kier alpha value is -3.17. The number of pyridine rings is 1. The molecule has 2 aromatic heterocycles. The number of aromatic nitrogens is 3. The molecule has 0 aliphatic carbocycles. The summed E-state index contributed by atoms with van der Waals surface area (Å²) in [6, 6.07) is 10.5. The number of ether oxygens (including phenoxy) is 1. The van der Waals surface area contributed by atoms with Gasteiger partial charge >= 0.3 is 0 Å². The number of nitrogens with one attached hydrogen (secondary N) is 1. The molecular formula is C30H43N7O2. The minimum atomic E-state index is -0.0655. The van der Waals surface area contributed by atoms with Crippen molar-refractivity contribution in [3.05, 3.63) is 48.4 Å². The lowest BCUT2D eigenvalue weighted by molar-refractivity contribution is -0.122. The van der Waals surface area contributed by atoms with Crippen LogP contribution in [-0.4, -0.2) is 89.9 Å². The van der Waals surface area contributed by atoms with Crippen molar-refractivity contribution in [3.63, 3.8) is 0 Å². The van der Waals surface area contributed by atoms with Crippen LogP contribution < -0.4 is 15.0 Å². The number of hydrogen-bond donors (Lipinski definition) is 1. The average molecular weight is 534 g/mol. The van der Waals surface area contributed by atoms with E-state index in [-0.39, 0.29) is 18.0 Å². The summed E-state index contributed by atoms with van der Waals surface area (Å²) >= 11 is 0. The molecule has 0 unspecified atom stereocenters. The summed E-state index contributed by atoms with van der Waals surface area (Å²) in [6.45, 7) is 11.6. The maximum atomic E-state index is 13.2. The highest BCUT2D eigenvalue weighted by atomic mass is 16.5. The molecule has 2 fully saturated rings. The molecule has 3 aromatic rings. The van der Waals surface area contributed by atoms with E-state index in [0.717, 1.165) is 80.3 Å².